The highest BCUT2D eigenvalue weighted by atomic mass is 79.9. The monoisotopic (exact) mass is 314 g/mol. The lowest BCUT2D eigenvalue weighted by Gasteiger charge is -1.98. The number of H-pyrrole nitrogens is 1. The molecule has 2 aromatic rings. The van der Waals surface area contributed by atoms with Crippen LogP contribution in [0, 0.1) is 0 Å². The Morgan fingerprint density at radius 2 is 2.06 bits per heavy atom. The number of aromatic amines is 1. The van der Waals surface area contributed by atoms with Crippen molar-refractivity contribution < 1.29 is 8.42 Å². The topological polar surface area (TPSA) is 62.8 Å². The van der Waals surface area contributed by atoms with E-state index in [2.05, 4.69) is 26.1 Å². The zero-order chi connectivity index (χ0) is 12.5. The molecule has 0 saturated heterocycles. The number of aromatic nitrogens is 2. The van der Waals surface area contributed by atoms with Crippen molar-refractivity contribution in [2.75, 3.05) is 6.26 Å². The molecule has 90 valence electrons. The van der Waals surface area contributed by atoms with E-state index in [9.17, 15) is 8.42 Å². The second-order valence-corrected chi connectivity index (χ2v) is 6.82. The van der Waals surface area contributed by atoms with Crippen LogP contribution in [0.3, 0.4) is 0 Å². The van der Waals surface area contributed by atoms with E-state index in [4.69, 9.17) is 0 Å². The molecule has 17 heavy (non-hydrogen) atoms. The third-order valence-corrected chi connectivity index (χ3v) is 3.73. The summed E-state index contributed by atoms with van der Waals surface area (Å²) in [6.45, 7) is 0. The quantitative estimate of drug-likeness (QED) is 0.946. The normalized spacial score (nSPS) is 11.6. The van der Waals surface area contributed by atoms with Gasteiger partial charge in [-0.05, 0) is 12.1 Å². The van der Waals surface area contributed by atoms with Crippen LogP contribution < -0.4 is 0 Å². The first-order valence-corrected chi connectivity index (χ1v) is 7.78. The van der Waals surface area contributed by atoms with Crippen molar-refractivity contribution in [2.45, 2.75) is 5.75 Å². The molecule has 6 heteroatoms. The fraction of sp³-hybridized carbons (Fsp3) is 0.182. The summed E-state index contributed by atoms with van der Waals surface area (Å²) in [6, 6.07) is 9.41. The number of nitrogens with one attached hydrogen (secondary N) is 1. The van der Waals surface area contributed by atoms with Crippen molar-refractivity contribution in [3.63, 3.8) is 0 Å². The van der Waals surface area contributed by atoms with Crippen LogP contribution in [0.1, 0.15) is 5.69 Å². The fourth-order valence-corrected chi connectivity index (χ4v) is 2.73. The third kappa shape index (κ3) is 3.17. The summed E-state index contributed by atoms with van der Waals surface area (Å²) >= 11 is 3.43. The van der Waals surface area contributed by atoms with Crippen molar-refractivity contribution in [2.24, 2.45) is 0 Å². The number of rotatable bonds is 3. The predicted octanol–water partition coefficient (Wildman–Crippen LogP) is 2.38. The summed E-state index contributed by atoms with van der Waals surface area (Å²) in [7, 11) is -3.04. The van der Waals surface area contributed by atoms with Crippen molar-refractivity contribution >= 4 is 25.8 Å². The van der Waals surface area contributed by atoms with E-state index in [-0.39, 0.29) is 5.75 Å². The Morgan fingerprint density at radius 1 is 1.35 bits per heavy atom. The molecule has 0 bridgehead atoms. The van der Waals surface area contributed by atoms with Crippen LogP contribution in [0.25, 0.3) is 11.3 Å². The molecule has 0 aliphatic heterocycles. The molecule has 0 atom stereocenters. The molecule has 0 spiro atoms. The molecule has 1 heterocycles. The second kappa shape index (κ2) is 4.62. The van der Waals surface area contributed by atoms with Gasteiger partial charge in [-0.1, -0.05) is 34.1 Å². The van der Waals surface area contributed by atoms with Gasteiger partial charge in [0.15, 0.2) is 9.84 Å². The first-order valence-electron chi connectivity index (χ1n) is 4.92. The first-order chi connectivity index (χ1) is 7.96. The molecule has 1 aromatic carbocycles. The largest absolute Gasteiger partial charge is 0.281 e. The standard InChI is InChI=1S/C11H11BrN2O2S/c1-17(15,16)7-8-6-11(14-13-8)9-4-2-3-5-10(9)12/h2-6H,7H2,1H3,(H,13,14). The lowest BCUT2D eigenvalue weighted by atomic mass is 10.1. The number of sulfone groups is 1. The van der Waals surface area contributed by atoms with E-state index in [0.717, 1.165) is 15.7 Å². The van der Waals surface area contributed by atoms with Crippen LogP contribution in [0.2, 0.25) is 0 Å². The molecular weight excluding hydrogens is 304 g/mol. The molecule has 4 nitrogen and oxygen atoms in total. The zero-order valence-corrected chi connectivity index (χ0v) is 11.5. The van der Waals surface area contributed by atoms with Gasteiger partial charge in [0.1, 0.15) is 0 Å². The summed E-state index contributed by atoms with van der Waals surface area (Å²) in [5.74, 6) is -0.0234. The van der Waals surface area contributed by atoms with Crippen molar-refractivity contribution in [3.05, 3.63) is 40.5 Å². The molecule has 0 amide bonds. The molecule has 0 aliphatic rings. The summed E-state index contributed by atoms with van der Waals surface area (Å²) < 4.78 is 23.2. The highest BCUT2D eigenvalue weighted by Gasteiger charge is 2.10. The minimum Gasteiger partial charge on any atom is -0.281 e. The molecule has 0 unspecified atom stereocenters. The number of benzene rings is 1. The maximum Gasteiger partial charge on any atom is 0.153 e. The minimum absolute atomic E-state index is 0.0234. The summed E-state index contributed by atoms with van der Waals surface area (Å²) in [6.07, 6.45) is 1.20. The van der Waals surface area contributed by atoms with Crippen LogP contribution in [0.5, 0.6) is 0 Å². The molecule has 1 aromatic heterocycles. The smallest absolute Gasteiger partial charge is 0.153 e. The Kier molecular flexibility index (Phi) is 3.35. The number of halogens is 1. The molecule has 2 rings (SSSR count). The van der Waals surface area contributed by atoms with Crippen molar-refractivity contribution in [1.29, 1.82) is 0 Å². The zero-order valence-electron chi connectivity index (χ0n) is 9.14. The van der Waals surface area contributed by atoms with Gasteiger partial charge < -0.3 is 0 Å². The van der Waals surface area contributed by atoms with E-state index in [1.54, 1.807) is 6.07 Å². The number of hydrogen-bond acceptors (Lipinski definition) is 3. The van der Waals surface area contributed by atoms with Crippen LogP contribution in [0.4, 0.5) is 0 Å². The molecule has 1 N–H and O–H groups in total. The maximum absolute atomic E-state index is 11.2. The van der Waals surface area contributed by atoms with E-state index in [0.29, 0.717) is 5.69 Å². The minimum atomic E-state index is -3.04. The van der Waals surface area contributed by atoms with Gasteiger partial charge >= 0.3 is 0 Å². The van der Waals surface area contributed by atoms with E-state index in [1.165, 1.54) is 6.26 Å². The van der Waals surface area contributed by atoms with E-state index < -0.39 is 9.84 Å². The van der Waals surface area contributed by atoms with E-state index >= 15 is 0 Å². The van der Waals surface area contributed by atoms with Crippen LogP contribution in [0.15, 0.2) is 34.8 Å². The molecule has 0 radical (unpaired) electrons. The molecular formula is C11H11BrN2O2S. The Labute approximate surface area is 108 Å². The fourth-order valence-electron chi connectivity index (χ4n) is 1.52. The van der Waals surface area contributed by atoms with Gasteiger partial charge in [-0.2, -0.15) is 5.10 Å². The lowest BCUT2D eigenvalue weighted by molar-refractivity contribution is 0.600. The maximum atomic E-state index is 11.2. The van der Waals surface area contributed by atoms with Crippen LogP contribution in [-0.4, -0.2) is 24.9 Å². The van der Waals surface area contributed by atoms with Crippen LogP contribution >= 0.6 is 15.9 Å². The summed E-state index contributed by atoms with van der Waals surface area (Å²) in [4.78, 5) is 0. The van der Waals surface area contributed by atoms with Crippen LogP contribution in [-0.2, 0) is 15.6 Å². The number of nitrogens with zero attached hydrogens (tertiary/aromatic N) is 1. The molecule has 0 fully saturated rings. The van der Waals surface area contributed by atoms with Gasteiger partial charge in [0.05, 0.1) is 17.1 Å². The highest BCUT2D eigenvalue weighted by molar-refractivity contribution is 9.10. The average Bonchev–Trinajstić information content (AvgIpc) is 2.64. The highest BCUT2D eigenvalue weighted by Crippen LogP contribution is 2.26. The van der Waals surface area contributed by atoms with Gasteiger partial charge in [0.2, 0.25) is 0 Å². The average molecular weight is 315 g/mol. The van der Waals surface area contributed by atoms with Crippen molar-refractivity contribution in [1.82, 2.24) is 10.2 Å². The molecule has 0 saturated carbocycles. The Morgan fingerprint density at radius 3 is 2.71 bits per heavy atom. The summed E-state index contributed by atoms with van der Waals surface area (Å²) in [5, 5.41) is 6.85. The Balaban J connectivity index is 2.34. The SMILES string of the molecule is CS(=O)(=O)Cc1cc(-c2ccccc2Br)n[nH]1. The Hall–Kier alpha value is -1.14. The Bertz CT molecular complexity index is 634. The van der Waals surface area contributed by atoms with Gasteiger partial charge in [-0.25, -0.2) is 8.42 Å². The lowest BCUT2D eigenvalue weighted by Crippen LogP contribution is -2.00. The van der Waals surface area contributed by atoms with Gasteiger partial charge in [-0.3, -0.25) is 5.10 Å². The van der Waals surface area contributed by atoms with Gasteiger partial charge in [0.25, 0.3) is 0 Å². The van der Waals surface area contributed by atoms with Gasteiger partial charge in [-0.15, -0.1) is 0 Å². The van der Waals surface area contributed by atoms with Crippen molar-refractivity contribution in [3.8, 4) is 11.3 Å². The number of hydrogen-bond donors (Lipinski definition) is 1. The second-order valence-electron chi connectivity index (χ2n) is 3.83. The van der Waals surface area contributed by atoms with E-state index in [1.807, 2.05) is 24.3 Å². The summed E-state index contributed by atoms with van der Waals surface area (Å²) in [5.41, 5.74) is 2.26. The first kappa shape index (κ1) is 12.3. The molecule has 0 aliphatic carbocycles. The van der Waals surface area contributed by atoms with Gasteiger partial charge in [0, 0.05) is 16.3 Å². The third-order valence-electron chi connectivity index (χ3n) is 2.20. The predicted molar refractivity (Wildman–Crippen MR) is 70.3 cm³/mol.